The number of hydrogen-bond donors (Lipinski definition) is 1. The molecule has 0 radical (unpaired) electrons. The highest BCUT2D eigenvalue weighted by atomic mass is 35.5. The van der Waals surface area contributed by atoms with E-state index >= 15 is 0 Å². The molecule has 0 fully saturated rings. The second-order valence-corrected chi connectivity index (χ2v) is 5.94. The summed E-state index contributed by atoms with van der Waals surface area (Å²) in [5, 5.41) is 5.53. The molecular formula is C19H13ClN2O2. The zero-order chi connectivity index (χ0) is 16.7. The fourth-order valence-electron chi connectivity index (χ4n) is 2.75. The Kier molecular flexibility index (Phi) is 3.47. The summed E-state index contributed by atoms with van der Waals surface area (Å²) in [4.78, 5) is 16.1. The number of aromatic nitrogens is 1. The third-order valence-electron chi connectivity index (χ3n) is 3.91. The quantitative estimate of drug-likeness (QED) is 0.496. The minimum atomic E-state index is 0.0183. The van der Waals surface area contributed by atoms with Crippen LogP contribution in [0.3, 0.4) is 0 Å². The molecule has 2 aromatic heterocycles. The maximum Gasteiger partial charge on any atom is 0.230 e. The van der Waals surface area contributed by atoms with Crippen molar-refractivity contribution in [1.82, 2.24) is 4.98 Å². The van der Waals surface area contributed by atoms with Crippen LogP contribution in [-0.2, 0) is 0 Å². The van der Waals surface area contributed by atoms with Crippen molar-refractivity contribution >= 4 is 50.8 Å². The van der Waals surface area contributed by atoms with E-state index in [0.29, 0.717) is 16.3 Å². The SMILES string of the molecule is CC(=O)c1cccc(Nc2c3ccccc3nc3occ(Cl)c23)c1. The number of carbonyl (C=O) groups is 1. The Morgan fingerprint density at radius 3 is 2.83 bits per heavy atom. The van der Waals surface area contributed by atoms with Crippen LogP contribution < -0.4 is 5.32 Å². The van der Waals surface area contributed by atoms with Crippen LogP contribution in [0.15, 0.2) is 59.2 Å². The first-order valence-electron chi connectivity index (χ1n) is 7.47. The van der Waals surface area contributed by atoms with E-state index < -0.39 is 0 Å². The highest BCUT2D eigenvalue weighted by molar-refractivity contribution is 6.37. The van der Waals surface area contributed by atoms with Gasteiger partial charge < -0.3 is 9.73 Å². The summed E-state index contributed by atoms with van der Waals surface area (Å²) in [6.45, 7) is 1.55. The molecule has 24 heavy (non-hydrogen) atoms. The second kappa shape index (κ2) is 5.65. The average Bonchev–Trinajstić information content (AvgIpc) is 2.96. The van der Waals surface area contributed by atoms with Crippen LogP contribution in [0.4, 0.5) is 11.4 Å². The Hall–Kier alpha value is -2.85. The monoisotopic (exact) mass is 336 g/mol. The van der Waals surface area contributed by atoms with Crippen LogP contribution >= 0.6 is 11.6 Å². The molecule has 4 aromatic rings. The van der Waals surface area contributed by atoms with Crippen LogP contribution in [-0.4, -0.2) is 10.8 Å². The van der Waals surface area contributed by atoms with Crippen molar-refractivity contribution in [1.29, 1.82) is 0 Å². The summed E-state index contributed by atoms with van der Waals surface area (Å²) in [5.41, 5.74) is 3.55. The maximum atomic E-state index is 11.6. The van der Waals surface area contributed by atoms with Gasteiger partial charge in [0.05, 0.1) is 21.6 Å². The zero-order valence-electron chi connectivity index (χ0n) is 12.8. The second-order valence-electron chi connectivity index (χ2n) is 5.53. The summed E-state index contributed by atoms with van der Waals surface area (Å²) >= 11 is 6.30. The van der Waals surface area contributed by atoms with Gasteiger partial charge in [0.15, 0.2) is 5.78 Å². The fourth-order valence-corrected chi connectivity index (χ4v) is 2.97. The predicted octanol–water partition coefficient (Wildman–Crippen LogP) is 5.58. The Balaban J connectivity index is 1.95. The van der Waals surface area contributed by atoms with Gasteiger partial charge >= 0.3 is 0 Å². The third-order valence-corrected chi connectivity index (χ3v) is 4.19. The topological polar surface area (TPSA) is 55.1 Å². The van der Waals surface area contributed by atoms with Gasteiger partial charge in [0.2, 0.25) is 5.71 Å². The molecule has 0 aliphatic rings. The molecule has 0 amide bonds. The van der Waals surface area contributed by atoms with E-state index in [1.807, 2.05) is 42.5 Å². The lowest BCUT2D eigenvalue weighted by Crippen LogP contribution is -1.97. The summed E-state index contributed by atoms with van der Waals surface area (Å²) in [6.07, 6.45) is 1.48. The Labute approximate surface area is 143 Å². The number of anilines is 2. The van der Waals surface area contributed by atoms with E-state index in [9.17, 15) is 4.79 Å². The van der Waals surface area contributed by atoms with Gasteiger partial charge in [-0.1, -0.05) is 41.9 Å². The lowest BCUT2D eigenvalue weighted by molar-refractivity contribution is 0.101. The van der Waals surface area contributed by atoms with Crippen molar-refractivity contribution in [3.8, 4) is 0 Å². The number of benzene rings is 2. The lowest BCUT2D eigenvalue weighted by atomic mass is 10.1. The number of nitrogens with zero attached hydrogens (tertiary/aromatic N) is 1. The van der Waals surface area contributed by atoms with Gasteiger partial charge in [0.25, 0.3) is 0 Å². The largest absolute Gasteiger partial charge is 0.444 e. The molecule has 0 atom stereocenters. The van der Waals surface area contributed by atoms with Gasteiger partial charge in [0.1, 0.15) is 6.26 Å². The first-order chi connectivity index (χ1) is 11.6. The van der Waals surface area contributed by atoms with Gasteiger partial charge in [-0.15, -0.1) is 0 Å². The normalized spacial score (nSPS) is 11.1. The van der Waals surface area contributed by atoms with Gasteiger partial charge in [0, 0.05) is 16.6 Å². The van der Waals surface area contributed by atoms with Crippen LogP contribution in [0.1, 0.15) is 17.3 Å². The molecule has 0 saturated heterocycles. The fraction of sp³-hybridized carbons (Fsp3) is 0.0526. The van der Waals surface area contributed by atoms with Gasteiger partial charge in [-0.2, -0.15) is 0 Å². The number of carbonyl (C=O) groups excluding carboxylic acids is 1. The Morgan fingerprint density at radius 1 is 1.17 bits per heavy atom. The molecule has 1 N–H and O–H groups in total. The molecule has 0 unspecified atom stereocenters. The van der Waals surface area contributed by atoms with Gasteiger partial charge in [-0.3, -0.25) is 4.79 Å². The van der Waals surface area contributed by atoms with Crippen LogP contribution in [0.25, 0.3) is 22.0 Å². The standard InChI is InChI=1S/C19H13ClN2O2/c1-11(23)12-5-4-6-13(9-12)21-18-14-7-2-3-8-16(14)22-19-17(18)15(20)10-24-19/h2-10H,1H3,(H,21,22). The molecule has 0 spiro atoms. The van der Waals surface area contributed by atoms with Crippen LogP contribution in [0.2, 0.25) is 5.02 Å². The van der Waals surface area contributed by atoms with Crippen molar-refractivity contribution in [2.45, 2.75) is 6.92 Å². The number of Topliss-reactive ketones (excluding diaryl/α,β-unsaturated/α-hetero) is 1. The van der Waals surface area contributed by atoms with E-state index in [1.165, 1.54) is 6.26 Å². The van der Waals surface area contributed by atoms with Crippen molar-refractivity contribution in [2.24, 2.45) is 0 Å². The third kappa shape index (κ3) is 2.41. The lowest BCUT2D eigenvalue weighted by Gasteiger charge is -2.12. The smallest absolute Gasteiger partial charge is 0.230 e. The highest BCUT2D eigenvalue weighted by Crippen LogP contribution is 2.38. The van der Waals surface area contributed by atoms with Crippen LogP contribution in [0.5, 0.6) is 0 Å². The number of rotatable bonds is 3. The molecule has 4 nitrogen and oxygen atoms in total. The molecule has 2 heterocycles. The molecule has 118 valence electrons. The molecule has 2 aromatic carbocycles. The number of fused-ring (bicyclic) bond motifs is 2. The average molecular weight is 337 g/mol. The van der Waals surface area contributed by atoms with Crippen molar-refractivity contribution < 1.29 is 9.21 Å². The highest BCUT2D eigenvalue weighted by Gasteiger charge is 2.15. The minimum absolute atomic E-state index is 0.0183. The van der Waals surface area contributed by atoms with Crippen molar-refractivity contribution in [3.63, 3.8) is 0 Å². The molecule has 0 saturated carbocycles. The van der Waals surface area contributed by atoms with E-state index in [4.69, 9.17) is 16.0 Å². The Morgan fingerprint density at radius 2 is 2.00 bits per heavy atom. The number of para-hydroxylation sites is 1. The van der Waals surface area contributed by atoms with E-state index in [0.717, 1.165) is 27.7 Å². The first-order valence-corrected chi connectivity index (χ1v) is 7.85. The zero-order valence-corrected chi connectivity index (χ0v) is 13.6. The van der Waals surface area contributed by atoms with Crippen molar-refractivity contribution in [3.05, 3.63) is 65.4 Å². The number of ketones is 1. The number of pyridine rings is 1. The summed E-state index contributed by atoms with van der Waals surface area (Å²) in [6, 6.07) is 15.1. The van der Waals surface area contributed by atoms with Crippen LogP contribution in [0, 0.1) is 0 Å². The number of nitrogens with one attached hydrogen (secondary N) is 1. The Bertz CT molecular complexity index is 1090. The first kappa shape index (κ1) is 14.7. The number of halogens is 1. The van der Waals surface area contributed by atoms with E-state index in [1.54, 1.807) is 13.0 Å². The molecule has 0 aliphatic carbocycles. The predicted molar refractivity (Wildman–Crippen MR) is 96.3 cm³/mol. The number of furan rings is 1. The summed E-state index contributed by atoms with van der Waals surface area (Å²) in [5.74, 6) is 0.0183. The molecule has 5 heteroatoms. The van der Waals surface area contributed by atoms with Crippen molar-refractivity contribution in [2.75, 3.05) is 5.32 Å². The van der Waals surface area contributed by atoms with Gasteiger partial charge in [-0.05, 0) is 25.1 Å². The summed E-state index contributed by atoms with van der Waals surface area (Å²) < 4.78 is 5.46. The summed E-state index contributed by atoms with van der Waals surface area (Å²) in [7, 11) is 0. The molecular weight excluding hydrogens is 324 g/mol. The maximum absolute atomic E-state index is 11.6. The van der Waals surface area contributed by atoms with Gasteiger partial charge in [-0.25, -0.2) is 4.98 Å². The number of hydrogen-bond acceptors (Lipinski definition) is 4. The molecule has 4 rings (SSSR count). The molecule has 0 bridgehead atoms. The van der Waals surface area contributed by atoms with E-state index in [-0.39, 0.29) is 5.78 Å². The van der Waals surface area contributed by atoms with E-state index in [2.05, 4.69) is 10.3 Å². The minimum Gasteiger partial charge on any atom is -0.444 e. The molecule has 0 aliphatic heterocycles.